The number of hydrogen-bond acceptors (Lipinski definition) is 8. The molecule has 1 aliphatic heterocycles. The summed E-state index contributed by atoms with van der Waals surface area (Å²) in [5.41, 5.74) is 8.37. The largest absolute Gasteiger partial charge is 0.490 e. The van der Waals surface area contributed by atoms with Gasteiger partial charge in [0.05, 0.1) is 24.7 Å². The first-order chi connectivity index (χ1) is 17.7. The highest BCUT2D eigenvalue weighted by Gasteiger charge is 2.36. The quantitative estimate of drug-likeness (QED) is 0.410. The van der Waals surface area contributed by atoms with Gasteiger partial charge >= 0.3 is 5.97 Å². The number of nitrogens with two attached hydrogens (primary N) is 1. The normalized spacial score (nSPS) is 15.0. The Bertz CT molecular complexity index is 1310. The lowest BCUT2D eigenvalue weighted by atomic mass is 9.83. The molecule has 0 spiro atoms. The van der Waals surface area contributed by atoms with Gasteiger partial charge < -0.3 is 30.0 Å². The molecule has 3 rings (SSSR count). The first-order valence-electron chi connectivity index (χ1n) is 11.6. The monoisotopic (exact) mass is 569 g/mol. The van der Waals surface area contributed by atoms with Crippen molar-refractivity contribution in [3.63, 3.8) is 0 Å². The number of esters is 1. The van der Waals surface area contributed by atoms with E-state index in [-0.39, 0.29) is 41.9 Å². The van der Waals surface area contributed by atoms with E-state index in [2.05, 4.69) is 21.2 Å². The average molecular weight is 570 g/mol. The number of carbonyl (C=O) groups is 2. The van der Waals surface area contributed by atoms with Crippen molar-refractivity contribution < 1.29 is 28.5 Å². The van der Waals surface area contributed by atoms with Crippen LogP contribution in [-0.4, -0.2) is 31.7 Å². The zero-order valence-corrected chi connectivity index (χ0v) is 22.6. The zero-order valence-electron chi connectivity index (χ0n) is 21.0. The summed E-state index contributed by atoms with van der Waals surface area (Å²) in [5, 5.41) is 12.6. The maximum absolute atomic E-state index is 12.8. The van der Waals surface area contributed by atoms with Crippen LogP contribution in [-0.2, 0) is 19.1 Å². The van der Waals surface area contributed by atoms with Crippen molar-refractivity contribution in [3.05, 3.63) is 74.8 Å². The van der Waals surface area contributed by atoms with Crippen molar-refractivity contribution in [1.29, 1.82) is 5.26 Å². The molecule has 2 aromatic carbocycles. The van der Waals surface area contributed by atoms with E-state index >= 15 is 0 Å². The minimum Gasteiger partial charge on any atom is -0.490 e. The number of carbonyl (C=O) groups excluding carboxylic acids is 2. The predicted molar refractivity (Wildman–Crippen MR) is 141 cm³/mol. The highest BCUT2D eigenvalue weighted by atomic mass is 79.9. The Hall–Kier alpha value is -3.97. The van der Waals surface area contributed by atoms with Crippen LogP contribution in [0.1, 0.15) is 37.8 Å². The van der Waals surface area contributed by atoms with Crippen molar-refractivity contribution in [3.8, 4) is 17.6 Å². The number of rotatable bonds is 9. The highest BCUT2D eigenvalue weighted by molar-refractivity contribution is 9.10. The number of amides is 1. The van der Waals surface area contributed by atoms with Gasteiger partial charge in [0.2, 0.25) is 5.88 Å². The number of nitrogens with one attached hydrogen (secondary N) is 1. The van der Waals surface area contributed by atoms with E-state index in [0.29, 0.717) is 29.4 Å². The van der Waals surface area contributed by atoms with E-state index < -0.39 is 11.9 Å². The summed E-state index contributed by atoms with van der Waals surface area (Å²) in [4.78, 5) is 25.3. The van der Waals surface area contributed by atoms with Gasteiger partial charge in [0, 0.05) is 10.2 Å². The molecule has 0 saturated carbocycles. The predicted octanol–water partition coefficient (Wildman–Crippen LogP) is 4.82. The molecule has 37 heavy (non-hydrogen) atoms. The second-order valence-corrected chi connectivity index (χ2v) is 8.97. The molecule has 0 aromatic heterocycles. The van der Waals surface area contributed by atoms with Crippen LogP contribution in [0.25, 0.3) is 0 Å². The number of aryl methyl sites for hydroxylation is 1. The lowest BCUT2D eigenvalue weighted by Crippen LogP contribution is -2.25. The van der Waals surface area contributed by atoms with Crippen molar-refractivity contribution in [2.75, 3.05) is 25.1 Å². The third-order valence-electron chi connectivity index (χ3n) is 5.52. The minimum absolute atomic E-state index is 0.0778. The first kappa shape index (κ1) is 27.6. The lowest BCUT2D eigenvalue weighted by Gasteiger charge is -2.27. The van der Waals surface area contributed by atoms with Crippen LogP contribution >= 0.6 is 15.9 Å². The molecule has 0 radical (unpaired) electrons. The second kappa shape index (κ2) is 12.3. The Morgan fingerprint density at radius 2 is 1.86 bits per heavy atom. The molecule has 3 N–H and O–H groups in total. The first-order valence-corrected chi connectivity index (χ1v) is 12.4. The van der Waals surface area contributed by atoms with Crippen molar-refractivity contribution in [2.24, 2.45) is 5.73 Å². The van der Waals surface area contributed by atoms with E-state index in [4.69, 9.17) is 24.7 Å². The van der Waals surface area contributed by atoms with Gasteiger partial charge in [-0.1, -0.05) is 22.0 Å². The van der Waals surface area contributed by atoms with Crippen molar-refractivity contribution in [1.82, 2.24) is 0 Å². The molecule has 1 unspecified atom stereocenters. The molecular formula is C27H28BrN3O6. The van der Waals surface area contributed by atoms with Gasteiger partial charge in [0.25, 0.3) is 5.91 Å². The van der Waals surface area contributed by atoms with Gasteiger partial charge in [-0.2, -0.15) is 5.26 Å². The van der Waals surface area contributed by atoms with E-state index in [1.54, 1.807) is 45.0 Å². The Balaban J connectivity index is 1.89. The van der Waals surface area contributed by atoms with Gasteiger partial charge in [-0.25, -0.2) is 4.79 Å². The van der Waals surface area contributed by atoms with Gasteiger partial charge in [-0.15, -0.1) is 0 Å². The summed E-state index contributed by atoms with van der Waals surface area (Å²) >= 11 is 3.40. The number of nitriles is 1. The summed E-state index contributed by atoms with van der Waals surface area (Å²) in [6, 6.07) is 12.5. The molecule has 2 aromatic rings. The lowest BCUT2D eigenvalue weighted by molar-refractivity contribution is -0.139. The van der Waals surface area contributed by atoms with Gasteiger partial charge in [-0.05, 0) is 69.2 Å². The fraction of sp³-hybridized carbons (Fsp3) is 0.296. The van der Waals surface area contributed by atoms with Gasteiger partial charge in [0.15, 0.2) is 18.1 Å². The fourth-order valence-corrected chi connectivity index (χ4v) is 4.35. The van der Waals surface area contributed by atoms with Crippen LogP contribution in [0.3, 0.4) is 0 Å². The summed E-state index contributed by atoms with van der Waals surface area (Å²) in [5.74, 6) is -0.940. The average Bonchev–Trinajstić information content (AvgIpc) is 2.85. The molecule has 1 amide bonds. The van der Waals surface area contributed by atoms with E-state index in [1.165, 1.54) is 0 Å². The second-order valence-electron chi connectivity index (χ2n) is 8.05. The number of benzene rings is 2. The van der Waals surface area contributed by atoms with Gasteiger partial charge in [0.1, 0.15) is 17.4 Å². The Morgan fingerprint density at radius 1 is 1.11 bits per heavy atom. The van der Waals surface area contributed by atoms with E-state index in [0.717, 1.165) is 10.0 Å². The molecule has 1 aliphatic rings. The van der Waals surface area contributed by atoms with Crippen LogP contribution < -0.4 is 20.5 Å². The molecule has 9 nitrogen and oxygen atoms in total. The Kier molecular flexibility index (Phi) is 9.20. The number of nitrogens with zero attached hydrogens (tertiary/aromatic N) is 1. The fourth-order valence-electron chi connectivity index (χ4n) is 3.88. The van der Waals surface area contributed by atoms with Crippen molar-refractivity contribution >= 4 is 33.5 Å². The molecule has 1 heterocycles. The van der Waals surface area contributed by atoms with Crippen LogP contribution in [0, 0.1) is 18.3 Å². The Morgan fingerprint density at radius 3 is 2.51 bits per heavy atom. The molecule has 1 atom stereocenters. The molecule has 0 bridgehead atoms. The zero-order chi connectivity index (χ0) is 27.1. The Labute approximate surface area is 224 Å². The number of hydrogen-bond donors (Lipinski definition) is 2. The smallest absolute Gasteiger partial charge is 0.338 e. The third-order valence-corrected chi connectivity index (χ3v) is 6.02. The third kappa shape index (κ3) is 6.43. The van der Waals surface area contributed by atoms with Crippen LogP contribution in [0.15, 0.2) is 63.7 Å². The van der Waals surface area contributed by atoms with E-state index in [1.807, 2.05) is 25.1 Å². The maximum atomic E-state index is 12.8. The summed E-state index contributed by atoms with van der Waals surface area (Å²) in [6.07, 6.45) is 0. The molecular weight excluding hydrogens is 542 g/mol. The van der Waals surface area contributed by atoms with Crippen LogP contribution in [0.2, 0.25) is 0 Å². The molecule has 0 aliphatic carbocycles. The standard InChI is InChI=1S/C27H28BrN3O6/c1-5-34-22-12-17(25-19(13-29)26(30)37-16(4)24(25)27(33)35-6-2)7-10-21(22)36-14-23(32)31-20-9-8-18(28)11-15(20)3/h7-12,25H,5-6,14,30H2,1-4H3,(H,31,32). The van der Waals surface area contributed by atoms with Crippen LogP contribution in [0.4, 0.5) is 5.69 Å². The highest BCUT2D eigenvalue weighted by Crippen LogP contribution is 2.42. The topological polar surface area (TPSA) is 133 Å². The number of ether oxygens (including phenoxy) is 4. The molecule has 0 fully saturated rings. The number of halogens is 1. The van der Waals surface area contributed by atoms with Gasteiger partial charge in [-0.3, -0.25) is 4.79 Å². The molecule has 0 saturated heterocycles. The number of anilines is 1. The van der Waals surface area contributed by atoms with E-state index in [9.17, 15) is 14.9 Å². The number of allylic oxidation sites excluding steroid dienone is 2. The molecule has 194 valence electrons. The summed E-state index contributed by atoms with van der Waals surface area (Å²) in [6.45, 7) is 7.20. The molecule has 10 heteroatoms. The van der Waals surface area contributed by atoms with Crippen LogP contribution in [0.5, 0.6) is 11.5 Å². The summed E-state index contributed by atoms with van der Waals surface area (Å²) < 4.78 is 23.1. The van der Waals surface area contributed by atoms with Crippen molar-refractivity contribution in [2.45, 2.75) is 33.6 Å². The SMILES string of the molecule is CCOC(=O)C1=C(C)OC(N)=C(C#N)C1c1ccc(OCC(=O)Nc2ccc(Br)cc2C)c(OCC)c1. The minimum atomic E-state index is -0.824. The maximum Gasteiger partial charge on any atom is 0.338 e. The summed E-state index contributed by atoms with van der Waals surface area (Å²) in [7, 11) is 0.